The van der Waals surface area contributed by atoms with Gasteiger partial charge in [-0.1, -0.05) is 19.9 Å². The largest absolute Gasteiger partial charge is 0.481 e. The summed E-state index contributed by atoms with van der Waals surface area (Å²) in [7, 11) is 1.57. The van der Waals surface area contributed by atoms with Crippen molar-refractivity contribution in [2.75, 3.05) is 17.3 Å². The lowest BCUT2D eigenvalue weighted by atomic mass is 9.81. The number of nitrogens with one attached hydrogen (secondary N) is 1. The first-order valence-electron chi connectivity index (χ1n) is 8.83. The maximum atomic E-state index is 14.0. The Kier molecular flexibility index (Phi) is 5.11. The summed E-state index contributed by atoms with van der Waals surface area (Å²) >= 11 is 0. The van der Waals surface area contributed by atoms with Crippen molar-refractivity contribution in [2.24, 2.45) is 5.92 Å². The van der Waals surface area contributed by atoms with Crippen LogP contribution in [0.15, 0.2) is 36.4 Å². The van der Waals surface area contributed by atoms with Gasteiger partial charge < -0.3 is 15.0 Å². The molecule has 2 heterocycles. The summed E-state index contributed by atoms with van der Waals surface area (Å²) in [6, 6.07) is 9.93. The number of nitrogens with zero attached hydrogens (tertiary/aromatic N) is 2. The molecule has 6 heteroatoms. The molecule has 1 aromatic carbocycles. The fraction of sp³-hybridized carbons (Fsp3) is 0.400. The van der Waals surface area contributed by atoms with Crippen LogP contribution in [0.4, 0.5) is 15.9 Å². The van der Waals surface area contributed by atoms with Crippen LogP contribution in [0.1, 0.15) is 38.8 Å². The smallest absolute Gasteiger partial charge is 0.224 e. The third-order valence-corrected chi connectivity index (χ3v) is 5.04. The van der Waals surface area contributed by atoms with Crippen molar-refractivity contribution in [3.05, 3.63) is 47.8 Å². The minimum absolute atomic E-state index is 0.0218. The summed E-state index contributed by atoms with van der Waals surface area (Å²) in [6.45, 7) is 5.70. The minimum Gasteiger partial charge on any atom is -0.481 e. The molecule has 138 valence electrons. The van der Waals surface area contributed by atoms with Crippen LogP contribution in [0.5, 0.6) is 5.88 Å². The van der Waals surface area contributed by atoms with Gasteiger partial charge in [0.05, 0.1) is 13.2 Å². The summed E-state index contributed by atoms with van der Waals surface area (Å²) in [4.78, 5) is 18.5. The van der Waals surface area contributed by atoms with Crippen LogP contribution >= 0.6 is 0 Å². The fourth-order valence-corrected chi connectivity index (χ4v) is 3.85. The lowest BCUT2D eigenvalue weighted by molar-refractivity contribution is -0.117. The highest BCUT2D eigenvalue weighted by Crippen LogP contribution is 2.43. The zero-order valence-corrected chi connectivity index (χ0v) is 15.5. The van der Waals surface area contributed by atoms with Crippen LogP contribution < -0.4 is 15.0 Å². The van der Waals surface area contributed by atoms with Gasteiger partial charge in [-0.3, -0.25) is 4.79 Å². The van der Waals surface area contributed by atoms with Gasteiger partial charge in [-0.05, 0) is 30.7 Å². The second-order valence-electron chi connectivity index (χ2n) is 6.61. The van der Waals surface area contributed by atoms with E-state index in [0.717, 1.165) is 17.7 Å². The lowest BCUT2D eigenvalue weighted by Crippen LogP contribution is -2.49. The van der Waals surface area contributed by atoms with Gasteiger partial charge in [0, 0.05) is 36.2 Å². The van der Waals surface area contributed by atoms with Crippen molar-refractivity contribution >= 4 is 17.4 Å². The number of carbonyl (C=O) groups excluding carboxylic acids is 1. The van der Waals surface area contributed by atoms with Gasteiger partial charge in [-0.25, -0.2) is 4.39 Å². The molecular weight excluding hydrogens is 333 g/mol. The summed E-state index contributed by atoms with van der Waals surface area (Å²) in [5.74, 6) is 0.887. The van der Waals surface area contributed by atoms with E-state index in [1.54, 1.807) is 31.1 Å². The van der Waals surface area contributed by atoms with Crippen LogP contribution in [0.25, 0.3) is 0 Å². The second-order valence-corrected chi connectivity index (χ2v) is 6.61. The highest BCUT2D eigenvalue weighted by atomic mass is 19.1. The SMILES string of the molecule is CC[C@H]1[C@H](C)[C@@H](Nc2cccc(OC)n2)c2cc(F)ccc2N1C(C)=O. The molecule has 1 aliphatic rings. The topological polar surface area (TPSA) is 54.5 Å². The number of pyridine rings is 1. The van der Waals surface area contributed by atoms with Crippen LogP contribution in [0.3, 0.4) is 0 Å². The molecule has 0 radical (unpaired) electrons. The molecule has 3 atom stereocenters. The van der Waals surface area contributed by atoms with Gasteiger partial charge >= 0.3 is 0 Å². The standard InChI is InChI=1S/C20H24FN3O2/c1-5-16-12(2)20(23-18-7-6-8-19(22-18)26-4)15-11-14(21)9-10-17(15)24(16)13(3)25/h6-12,16,20H,5H2,1-4H3,(H,22,23)/t12-,16-,20+/m0/s1. The Morgan fingerprint density at radius 1 is 1.35 bits per heavy atom. The molecule has 2 aromatic rings. The monoisotopic (exact) mass is 357 g/mol. The van der Waals surface area contributed by atoms with Gasteiger partial charge in [0.2, 0.25) is 11.8 Å². The van der Waals surface area contributed by atoms with Gasteiger partial charge in [-0.15, -0.1) is 0 Å². The molecular formula is C20H24FN3O2. The first kappa shape index (κ1) is 18.2. The number of carbonyl (C=O) groups is 1. The molecule has 1 N–H and O–H groups in total. The van der Waals surface area contributed by atoms with E-state index in [9.17, 15) is 9.18 Å². The predicted molar refractivity (Wildman–Crippen MR) is 100.0 cm³/mol. The molecule has 26 heavy (non-hydrogen) atoms. The van der Waals surface area contributed by atoms with E-state index in [-0.39, 0.29) is 29.7 Å². The molecule has 5 nitrogen and oxygen atoms in total. The summed E-state index contributed by atoms with van der Waals surface area (Å²) < 4.78 is 19.2. The molecule has 0 saturated heterocycles. The number of amides is 1. The van der Waals surface area contributed by atoms with Crippen molar-refractivity contribution in [3.8, 4) is 5.88 Å². The summed E-state index contributed by atoms with van der Waals surface area (Å²) in [6.07, 6.45) is 0.807. The molecule has 0 fully saturated rings. The number of hydrogen-bond donors (Lipinski definition) is 1. The fourth-order valence-electron chi connectivity index (χ4n) is 3.85. The number of hydrogen-bond acceptors (Lipinski definition) is 4. The summed E-state index contributed by atoms with van der Waals surface area (Å²) in [5.41, 5.74) is 1.52. The number of rotatable bonds is 4. The van der Waals surface area contributed by atoms with Crippen LogP contribution in [-0.2, 0) is 4.79 Å². The number of benzene rings is 1. The Morgan fingerprint density at radius 3 is 2.77 bits per heavy atom. The number of halogens is 1. The predicted octanol–water partition coefficient (Wildman–Crippen LogP) is 4.16. The lowest BCUT2D eigenvalue weighted by Gasteiger charge is -2.45. The third-order valence-electron chi connectivity index (χ3n) is 5.04. The first-order valence-corrected chi connectivity index (χ1v) is 8.83. The van der Waals surface area contributed by atoms with Crippen LogP contribution in [-0.4, -0.2) is 24.0 Å². The number of fused-ring (bicyclic) bond motifs is 1. The van der Waals surface area contributed by atoms with E-state index in [0.29, 0.717) is 11.7 Å². The molecule has 0 saturated carbocycles. The van der Waals surface area contributed by atoms with Crippen LogP contribution in [0.2, 0.25) is 0 Å². The molecule has 0 spiro atoms. The van der Waals surface area contributed by atoms with Crippen LogP contribution in [0, 0.1) is 11.7 Å². The molecule has 1 aliphatic heterocycles. The summed E-state index contributed by atoms with van der Waals surface area (Å²) in [5, 5.41) is 3.42. The maximum absolute atomic E-state index is 14.0. The number of aromatic nitrogens is 1. The van der Waals surface area contributed by atoms with E-state index >= 15 is 0 Å². The third kappa shape index (κ3) is 3.23. The van der Waals surface area contributed by atoms with Gasteiger partial charge in [-0.2, -0.15) is 4.98 Å². The number of ether oxygens (including phenoxy) is 1. The average Bonchev–Trinajstić information content (AvgIpc) is 2.63. The first-order chi connectivity index (χ1) is 12.5. The molecule has 3 rings (SSSR count). The van der Waals surface area contributed by atoms with E-state index in [4.69, 9.17) is 4.74 Å². The maximum Gasteiger partial charge on any atom is 0.224 e. The Labute approximate surface area is 153 Å². The van der Waals surface area contributed by atoms with Crippen molar-refractivity contribution in [2.45, 2.75) is 39.3 Å². The van der Waals surface area contributed by atoms with E-state index in [1.165, 1.54) is 12.1 Å². The molecule has 0 aliphatic carbocycles. The molecule has 1 amide bonds. The van der Waals surface area contributed by atoms with Crippen molar-refractivity contribution in [1.29, 1.82) is 0 Å². The quantitative estimate of drug-likeness (QED) is 0.892. The highest BCUT2D eigenvalue weighted by molar-refractivity contribution is 5.94. The van der Waals surface area contributed by atoms with Gasteiger partial charge in [0.1, 0.15) is 11.6 Å². The van der Waals surface area contributed by atoms with E-state index in [2.05, 4.69) is 24.1 Å². The van der Waals surface area contributed by atoms with E-state index in [1.807, 2.05) is 12.1 Å². The van der Waals surface area contributed by atoms with Crippen molar-refractivity contribution in [3.63, 3.8) is 0 Å². The number of methoxy groups -OCH3 is 1. The van der Waals surface area contributed by atoms with Gasteiger partial charge in [0.15, 0.2) is 0 Å². The van der Waals surface area contributed by atoms with E-state index < -0.39 is 0 Å². The zero-order chi connectivity index (χ0) is 18.8. The molecule has 0 bridgehead atoms. The molecule has 0 unspecified atom stereocenters. The van der Waals surface area contributed by atoms with Crippen molar-refractivity contribution in [1.82, 2.24) is 4.98 Å². The minimum atomic E-state index is -0.320. The zero-order valence-electron chi connectivity index (χ0n) is 15.5. The normalized spacial score (nSPS) is 21.9. The second kappa shape index (κ2) is 7.32. The number of anilines is 2. The Morgan fingerprint density at radius 2 is 2.12 bits per heavy atom. The van der Waals surface area contributed by atoms with Crippen molar-refractivity contribution < 1.29 is 13.9 Å². The Bertz CT molecular complexity index is 811. The highest BCUT2D eigenvalue weighted by Gasteiger charge is 2.39. The average molecular weight is 357 g/mol. The Balaban J connectivity index is 2.07. The van der Waals surface area contributed by atoms with Gasteiger partial charge in [0.25, 0.3) is 0 Å². The Hall–Kier alpha value is -2.63. The molecule has 1 aromatic heterocycles.